The number of ketones is 1. The van der Waals surface area contributed by atoms with Crippen molar-refractivity contribution < 1.29 is 4.79 Å². The van der Waals surface area contributed by atoms with Gasteiger partial charge in [0.05, 0.1) is 5.75 Å². The molecule has 0 aromatic carbocycles. The van der Waals surface area contributed by atoms with E-state index < -0.39 is 17.0 Å². The van der Waals surface area contributed by atoms with Crippen molar-refractivity contribution in [2.45, 2.75) is 12.8 Å². The predicted octanol–water partition coefficient (Wildman–Crippen LogP) is -0.0372. The molecule has 1 aromatic rings. The lowest BCUT2D eigenvalue weighted by atomic mass is 10.2. The summed E-state index contributed by atoms with van der Waals surface area (Å²) in [5.74, 6) is -0.487. The molecule has 120 valence electrons. The van der Waals surface area contributed by atoms with E-state index in [0.717, 1.165) is 35.1 Å². The molecular formula is C13H18N4O3S2. The fourth-order valence-corrected chi connectivity index (χ4v) is 3.44. The highest BCUT2D eigenvalue weighted by Crippen LogP contribution is 2.17. The summed E-state index contributed by atoms with van der Waals surface area (Å²) < 4.78 is 2.64. The number of rotatable bonds is 3. The zero-order chi connectivity index (χ0) is 16.4. The molecule has 9 heteroatoms. The Morgan fingerprint density at radius 1 is 1.23 bits per heavy atom. The van der Waals surface area contributed by atoms with E-state index in [2.05, 4.69) is 4.90 Å². The van der Waals surface area contributed by atoms with Gasteiger partial charge in [-0.25, -0.2) is 4.79 Å². The SMILES string of the molecule is Cn1c(N)c(C(=O)CSC(=S)N2CCCC2)c(=O)n(C)c1=O. The van der Waals surface area contributed by atoms with Gasteiger partial charge in [-0.3, -0.25) is 18.7 Å². The van der Waals surface area contributed by atoms with Crippen LogP contribution in [0.2, 0.25) is 0 Å². The van der Waals surface area contributed by atoms with E-state index in [9.17, 15) is 14.4 Å². The van der Waals surface area contributed by atoms with Crippen molar-refractivity contribution in [2.24, 2.45) is 14.1 Å². The van der Waals surface area contributed by atoms with Crippen molar-refractivity contribution in [3.8, 4) is 0 Å². The number of thioether (sulfide) groups is 1. The van der Waals surface area contributed by atoms with Crippen LogP contribution in [0.3, 0.4) is 0 Å². The van der Waals surface area contributed by atoms with Crippen molar-refractivity contribution in [2.75, 3.05) is 24.6 Å². The number of thiocarbonyl (C=S) groups is 1. The molecule has 1 aliphatic rings. The molecule has 0 unspecified atom stereocenters. The first-order valence-electron chi connectivity index (χ1n) is 6.85. The zero-order valence-corrected chi connectivity index (χ0v) is 14.1. The number of nitrogens with two attached hydrogens (primary N) is 1. The highest BCUT2D eigenvalue weighted by atomic mass is 32.2. The second kappa shape index (κ2) is 6.66. The second-order valence-electron chi connectivity index (χ2n) is 5.14. The lowest BCUT2D eigenvalue weighted by Gasteiger charge is -2.17. The van der Waals surface area contributed by atoms with Crippen molar-refractivity contribution in [1.29, 1.82) is 0 Å². The third kappa shape index (κ3) is 3.09. The van der Waals surface area contributed by atoms with Gasteiger partial charge in [0, 0.05) is 27.2 Å². The van der Waals surface area contributed by atoms with Gasteiger partial charge >= 0.3 is 5.69 Å². The smallest absolute Gasteiger partial charge is 0.332 e. The van der Waals surface area contributed by atoms with Crippen molar-refractivity contribution in [3.05, 3.63) is 26.4 Å². The van der Waals surface area contributed by atoms with Crippen LogP contribution in [0.5, 0.6) is 0 Å². The largest absolute Gasteiger partial charge is 0.384 e. The Bertz CT molecular complexity index is 732. The normalized spacial score (nSPS) is 14.4. The topological polar surface area (TPSA) is 90.3 Å². The van der Waals surface area contributed by atoms with Crippen molar-refractivity contribution >= 4 is 39.9 Å². The van der Waals surface area contributed by atoms with Gasteiger partial charge in [0.15, 0.2) is 5.78 Å². The highest BCUT2D eigenvalue weighted by Gasteiger charge is 2.22. The number of anilines is 1. The minimum absolute atomic E-state index is 0.0347. The number of hydrogen-bond acceptors (Lipinski definition) is 6. The molecule has 2 rings (SSSR count). The number of nitrogens with zero attached hydrogens (tertiary/aromatic N) is 3. The molecule has 0 saturated carbocycles. The Labute approximate surface area is 137 Å². The quantitative estimate of drug-likeness (QED) is 0.609. The van der Waals surface area contributed by atoms with Crippen LogP contribution in [0, 0.1) is 0 Å². The van der Waals surface area contributed by atoms with Gasteiger partial charge in [-0.05, 0) is 12.8 Å². The molecule has 0 spiro atoms. The summed E-state index contributed by atoms with van der Waals surface area (Å²) in [5.41, 5.74) is 4.38. The minimum atomic E-state index is -0.668. The number of Topliss-reactive ketones (excluding diaryl/α,β-unsaturated/α-hetero) is 1. The van der Waals surface area contributed by atoms with E-state index in [4.69, 9.17) is 18.0 Å². The third-order valence-electron chi connectivity index (χ3n) is 3.68. The van der Waals surface area contributed by atoms with Crippen LogP contribution in [0.25, 0.3) is 0 Å². The Morgan fingerprint density at radius 2 is 1.82 bits per heavy atom. The van der Waals surface area contributed by atoms with Gasteiger partial charge in [0.1, 0.15) is 15.7 Å². The molecule has 0 atom stereocenters. The summed E-state index contributed by atoms with van der Waals surface area (Å²) in [6.07, 6.45) is 2.20. The van der Waals surface area contributed by atoms with E-state index >= 15 is 0 Å². The van der Waals surface area contributed by atoms with Crippen LogP contribution in [0.1, 0.15) is 23.2 Å². The van der Waals surface area contributed by atoms with Gasteiger partial charge in [0.2, 0.25) is 0 Å². The van der Waals surface area contributed by atoms with Crippen LogP contribution >= 0.6 is 24.0 Å². The van der Waals surface area contributed by atoms with Crippen LogP contribution in [-0.4, -0.2) is 43.0 Å². The zero-order valence-electron chi connectivity index (χ0n) is 12.5. The first kappa shape index (κ1) is 16.8. The molecule has 2 heterocycles. The number of carbonyl (C=O) groups excluding carboxylic acids is 1. The maximum absolute atomic E-state index is 12.3. The monoisotopic (exact) mass is 342 g/mol. The van der Waals surface area contributed by atoms with Crippen LogP contribution < -0.4 is 17.0 Å². The first-order chi connectivity index (χ1) is 10.3. The van der Waals surface area contributed by atoms with Gasteiger partial charge < -0.3 is 10.6 Å². The lowest BCUT2D eigenvalue weighted by Crippen LogP contribution is -2.42. The van der Waals surface area contributed by atoms with E-state index in [1.54, 1.807) is 0 Å². The lowest BCUT2D eigenvalue weighted by molar-refractivity contribution is 0.102. The maximum atomic E-state index is 12.3. The second-order valence-corrected chi connectivity index (χ2v) is 6.75. The summed E-state index contributed by atoms with van der Waals surface area (Å²) in [7, 11) is 2.75. The molecule has 2 N–H and O–H groups in total. The van der Waals surface area contributed by atoms with E-state index in [1.165, 1.54) is 25.9 Å². The average Bonchev–Trinajstić information content (AvgIpc) is 3.03. The molecule has 7 nitrogen and oxygen atoms in total. The maximum Gasteiger partial charge on any atom is 0.332 e. The average molecular weight is 342 g/mol. The fraction of sp³-hybridized carbons (Fsp3) is 0.538. The molecule has 0 amide bonds. The van der Waals surface area contributed by atoms with Crippen molar-refractivity contribution in [1.82, 2.24) is 14.0 Å². The molecule has 1 aromatic heterocycles. The predicted molar refractivity (Wildman–Crippen MR) is 91.5 cm³/mol. The molecule has 0 bridgehead atoms. The van der Waals surface area contributed by atoms with E-state index in [0.29, 0.717) is 4.32 Å². The molecule has 1 saturated heterocycles. The number of likely N-dealkylation sites (tertiary alicyclic amines) is 1. The number of aromatic nitrogens is 2. The molecule has 0 aliphatic carbocycles. The Balaban J connectivity index is 2.18. The van der Waals surface area contributed by atoms with Gasteiger partial charge in [-0.15, -0.1) is 0 Å². The Morgan fingerprint density at radius 3 is 2.41 bits per heavy atom. The van der Waals surface area contributed by atoms with Crippen molar-refractivity contribution in [3.63, 3.8) is 0 Å². The first-order valence-corrected chi connectivity index (χ1v) is 8.24. The Hall–Kier alpha value is -1.61. The van der Waals surface area contributed by atoms with E-state index in [-0.39, 0.29) is 17.1 Å². The summed E-state index contributed by atoms with van der Waals surface area (Å²) in [4.78, 5) is 38.2. The van der Waals surface area contributed by atoms with Gasteiger partial charge in [0.25, 0.3) is 5.56 Å². The molecular weight excluding hydrogens is 324 g/mol. The van der Waals surface area contributed by atoms with Crippen LogP contribution in [0.15, 0.2) is 9.59 Å². The molecule has 1 aliphatic heterocycles. The highest BCUT2D eigenvalue weighted by molar-refractivity contribution is 8.23. The number of carbonyl (C=O) groups is 1. The van der Waals surface area contributed by atoms with Crippen LogP contribution in [-0.2, 0) is 14.1 Å². The minimum Gasteiger partial charge on any atom is -0.384 e. The standard InChI is InChI=1S/C13H18N4O3S2/c1-15-10(14)9(11(19)16(2)12(15)20)8(18)7-22-13(21)17-5-3-4-6-17/h3-7,14H2,1-2H3. The van der Waals surface area contributed by atoms with Crippen LogP contribution in [0.4, 0.5) is 5.82 Å². The number of nitrogen functional groups attached to an aromatic ring is 1. The molecule has 0 radical (unpaired) electrons. The summed E-state index contributed by atoms with van der Waals surface area (Å²) in [6, 6.07) is 0. The van der Waals surface area contributed by atoms with Gasteiger partial charge in [-0.2, -0.15) is 0 Å². The molecule has 22 heavy (non-hydrogen) atoms. The summed E-state index contributed by atoms with van der Waals surface area (Å²) >= 11 is 6.51. The third-order valence-corrected chi connectivity index (χ3v) is 5.20. The number of hydrogen-bond donors (Lipinski definition) is 1. The summed E-state index contributed by atoms with van der Waals surface area (Å²) in [6.45, 7) is 1.81. The Kier molecular flexibility index (Phi) is 5.07. The molecule has 1 fully saturated rings. The fourth-order valence-electron chi connectivity index (χ4n) is 2.31. The van der Waals surface area contributed by atoms with E-state index in [1.807, 2.05) is 0 Å². The summed E-state index contributed by atoms with van der Waals surface area (Å²) in [5, 5.41) is 0. The van der Waals surface area contributed by atoms with Gasteiger partial charge in [-0.1, -0.05) is 24.0 Å².